The minimum absolute atomic E-state index is 0.356. The number of carbonyl (C=O) groups excluding carboxylic acids is 1. The van der Waals surface area contributed by atoms with Crippen molar-refractivity contribution < 1.29 is 4.79 Å². The maximum absolute atomic E-state index is 11.5. The maximum atomic E-state index is 11.5. The highest BCUT2D eigenvalue weighted by Gasteiger charge is 2.43. The van der Waals surface area contributed by atoms with Crippen LogP contribution in [0.3, 0.4) is 0 Å². The molecule has 13 heavy (non-hydrogen) atoms. The van der Waals surface area contributed by atoms with E-state index in [4.69, 9.17) is 0 Å². The van der Waals surface area contributed by atoms with Crippen LogP contribution in [0.2, 0.25) is 0 Å². The van der Waals surface area contributed by atoms with Crippen molar-refractivity contribution in [1.29, 1.82) is 0 Å². The van der Waals surface area contributed by atoms with Crippen molar-refractivity contribution in [3.63, 3.8) is 0 Å². The SMILES string of the molecule is C[C@@H]1CCC[C@]2(CC(=O)N(C)C2)C1. The summed E-state index contributed by atoms with van der Waals surface area (Å²) in [6.07, 6.45) is 6.03. The van der Waals surface area contributed by atoms with Gasteiger partial charge in [-0.15, -0.1) is 0 Å². The molecule has 0 aromatic carbocycles. The first-order chi connectivity index (χ1) is 6.11. The molecule has 1 spiro atoms. The molecule has 2 fully saturated rings. The molecule has 0 bridgehead atoms. The lowest BCUT2D eigenvalue weighted by molar-refractivity contribution is -0.126. The molecule has 2 atom stereocenters. The number of amides is 1. The fraction of sp³-hybridized carbons (Fsp3) is 0.909. The van der Waals surface area contributed by atoms with Crippen LogP contribution in [0.1, 0.15) is 39.0 Å². The van der Waals surface area contributed by atoms with Crippen LogP contribution in [0.5, 0.6) is 0 Å². The van der Waals surface area contributed by atoms with Gasteiger partial charge < -0.3 is 4.90 Å². The van der Waals surface area contributed by atoms with Crippen molar-refractivity contribution in [2.45, 2.75) is 39.0 Å². The van der Waals surface area contributed by atoms with E-state index in [1.807, 2.05) is 11.9 Å². The molecular formula is C11H19NO. The Hall–Kier alpha value is -0.530. The molecule has 0 N–H and O–H groups in total. The van der Waals surface area contributed by atoms with Crippen LogP contribution in [0.4, 0.5) is 0 Å². The molecule has 0 radical (unpaired) electrons. The second-order valence-corrected chi connectivity index (χ2v) is 5.13. The zero-order valence-corrected chi connectivity index (χ0v) is 8.68. The highest BCUT2D eigenvalue weighted by atomic mass is 16.2. The molecule has 1 amide bonds. The summed E-state index contributed by atoms with van der Waals surface area (Å²) in [5.74, 6) is 1.18. The predicted molar refractivity (Wildman–Crippen MR) is 52.3 cm³/mol. The molecule has 1 aliphatic heterocycles. The summed E-state index contributed by atoms with van der Waals surface area (Å²) in [6.45, 7) is 3.33. The van der Waals surface area contributed by atoms with Crippen molar-refractivity contribution in [3.05, 3.63) is 0 Å². The first-order valence-corrected chi connectivity index (χ1v) is 5.35. The average Bonchev–Trinajstić information content (AvgIpc) is 2.26. The van der Waals surface area contributed by atoms with Crippen molar-refractivity contribution in [2.75, 3.05) is 13.6 Å². The molecule has 2 aliphatic rings. The van der Waals surface area contributed by atoms with Gasteiger partial charge in [-0.2, -0.15) is 0 Å². The van der Waals surface area contributed by atoms with Crippen molar-refractivity contribution in [3.8, 4) is 0 Å². The Balaban J connectivity index is 2.09. The largest absolute Gasteiger partial charge is 0.345 e. The molecule has 1 heterocycles. The number of likely N-dealkylation sites (tertiary alicyclic amines) is 1. The second kappa shape index (κ2) is 3.00. The zero-order valence-electron chi connectivity index (χ0n) is 8.68. The van der Waals surface area contributed by atoms with Gasteiger partial charge >= 0.3 is 0 Å². The molecule has 2 nitrogen and oxygen atoms in total. The van der Waals surface area contributed by atoms with E-state index >= 15 is 0 Å². The molecule has 0 unspecified atom stereocenters. The number of nitrogens with zero attached hydrogens (tertiary/aromatic N) is 1. The Labute approximate surface area is 80.3 Å². The van der Waals surface area contributed by atoms with Gasteiger partial charge in [0.05, 0.1) is 0 Å². The molecule has 1 saturated carbocycles. The Morgan fingerprint density at radius 2 is 2.31 bits per heavy atom. The molecule has 0 aromatic rings. The second-order valence-electron chi connectivity index (χ2n) is 5.13. The number of rotatable bonds is 0. The van der Waals surface area contributed by atoms with Gasteiger partial charge in [-0.1, -0.05) is 19.8 Å². The third kappa shape index (κ3) is 1.59. The summed E-state index contributed by atoms with van der Waals surface area (Å²) in [6, 6.07) is 0. The minimum atomic E-state index is 0.356. The normalized spacial score (nSPS) is 40.3. The van der Waals surface area contributed by atoms with Crippen LogP contribution >= 0.6 is 0 Å². The van der Waals surface area contributed by atoms with Crippen LogP contribution in [0.15, 0.2) is 0 Å². The summed E-state index contributed by atoms with van der Waals surface area (Å²) >= 11 is 0. The highest BCUT2D eigenvalue weighted by molar-refractivity contribution is 5.79. The van der Waals surface area contributed by atoms with Gasteiger partial charge in [-0.25, -0.2) is 0 Å². The Morgan fingerprint density at radius 1 is 1.54 bits per heavy atom. The van der Waals surface area contributed by atoms with E-state index in [0.29, 0.717) is 11.3 Å². The topological polar surface area (TPSA) is 20.3 Å². The summed E-state index contributed by atoms with van der Waals surface area (Å²) in [7, 11) is 1.94. The third-order valence-electron chi connectivity index (χ3n) is 3.71. The summed E-state index contributed by atoms with van der Waals surface area (Å²) < 4.78 is 0. The fourth-order valence-electron chi connectivity index (χ4n) is 3.18. The molecule has 1 aliphatic carbocycles. The average molecular weight is 181 g/mol. The monoisotopic (exact) mass is 181 g/mol. The molecular weight excluding hydrogens is 162 g/mol. The third-order valence-corrected chi connectivity index (χ3v) is 3.71. The smallest absolute Gasteiger partial charge is 0.222 e. The Kier molecular flexibility index (Phi) is 2.09. The van der Waals surface area contributed by atoms with E-state index in [1.54, 1.807) is 0 Å². The number of hydrogen-bond acceptors (Lipinski definition) is 1. The van der Waals surface area contributed by atoms with Crippen LogP contribution < -0.4 is 0 Å². The summed E-state index contributed by atoms with van der Waals surface area (Å²) in [5, 5.41) is 0. The standard InChI is InChI=1S/C11H19NO/c1-9-4-3-5-11(6-9)7-10(13)12(2)8-11/h9H,3-8H2,1-2H3/t9-,11-/m1/s1. The van der Waals surface area contributed by atoms with E-state index in [9.17, 15) is 4.79 Å². The van der Waals surface area contributed by atoms with Gasteiger partial charge in [0.1, 0.15) is 0 Å². The van der Waals surface area contributed by atoms with E-state index < -0.39 is 0 Å². The molecule has 2 heteroatoms. The van der Waals surface area contributed by atoms with Gasteiger partial charge in [0.15, 0.2) is 0 Å². The minimum Gasteiger partial charge on any atom is -0.345 e. The van der Waals surface area contributed by atoms with Crippen LogP contribution in [-0.4, -0.2) is 24.4 Å². The molecule has 74 valence electrons. The Bertz CT molecular complexity index is 226. The van der Waals surface area contributed by atoms with Gasteiger partial charge in [0, 0.05) is 20.0 Å². The van der Waals surface area contributed by atoms with E-state index in [1.165, 1.54) is 25.7 Å². The lowest BCUT2D eigenvalue weighted by Gasteiger charge is -2.35. The van der Waals surface area contributed by atoms with Crippen molar-refractivity contribution in [2.24, 2.45) is 11.3 Å². The lowest BCUT2D eigenvalue weighted by Crippen LogP contribution is -2.30. The van der Waals surface area contributed by atoms with E-state index in [-0.39, 0.29) is 0 Å². The van der Waals surface area contributed by atoms with Gasteiger partial charge in [-0.3, -0.25) is 4.79 Å². The molecule has 0 aromatic heterocycles. The zero-order chi connectivity index (χ0) is 9.47. The van der Waals surface area contributed by atoms with Crippen LogP contribution in [0.25, 0.3) is 0 Å². The Morgan fingerprint density at radius 3 is 2.85 bits per heavy atom. The van der Waals surface area contributed by atoms with Crippen molar-refractivity contribution >= 4 is 5.91 Å². The highest BCUT2D eigenvalue weighted by Crippen LogP contribution is 2.45. The van der Waals surface area contributed by atoms with Crippen LogP contribution in [0, 0.1) is 11.3 Å². The number of carbonyl (C=O) groups is 1. The van der Waals surface area contributed by atoms with Crippen molar-refractivity contribution in [1.82, 2.24) is 4.90 Å². The maximum Gasteiger partial charge on any atom is 0.222 e. The van der Waals surface area contributed by atoms with E-state index in [2.05, 4.69) is 6.92 Å². The summed E-state index contributed by atoms with van der Waals surface area (Å²) in [4.78, 5) is 13.4. The predicted octanol–water partition coefficient (Wildman–Crippen LogP) is 2.04. The van der Waals surface area contributed by atoms with Gasteiger partial charge in [0.2, 0.25) is 5.91 Å². The van der Waals surface area contributed by atoms with E-state index in [0.717, 1.165) is 18.9 Å². The van der Waals surface area contributed by atoms with Crippen LogP contribution in [-0.2, 0) is 4.79 Å². The molecule has 2 rings (SSSR count). The lowest BCUT2D eigenvalue weighted by atomic mass is 9.69. The molecule has 1 saturated heterocycles. The first kappa shape index (κ1) is 9.04. The van der Waals surface area contributed by atoms with Gasteiger partial charge in [-0.05, 0) is 24.2 Å². The fourth-order valence-corrected chi connectivity index (χ4v) is 3.18. The summed E-state index contributed by atoms with van der Waals surface area (Å²) in [5.41, 5.74) is 0.365. The quantitative estimate of drug-likeness (QED) is 0.560. The first-order valence-electron chi connectivity index (χ1n) is 5.35. The number of hydrogen-bond donors (Lipinski definition) is 0. The van der Waals surface area contributed by atoms with Gasteiger partial charge in [0.25, 0.3) is 0 Å².